The summed E-state index contributed by atoms with van der Waals surface area (Å²) in [5, 5.41) is 10.6. The van der Waals surface area contributed by atoms with Crippen LogP contribution in [0.25, 0.3) is 11.1 Å². The predicted octanol–water partition coefficient (Wildman–Crippen LogP) is 0.270. The van der Waals surface area contributed by atoms with Gasteiger partial charge in [0.1, 0.15) is 0 Å². The van der Waals surface area contributed by atoms with Crippen LogP contribution in [-0.2, 0) is 7.05 Å². The molecule has 2 aromatic rings. The minimum Gasteiger partial charge on any atom is -0.408 e. The Morgan fingerprint density at radius 1 is 1.43 bits per heavy atom. The fraction of sp³-hybridized carbons (Fsp3) is 0.500. The second-order valence-electron chi connectivity index (χ2n) is 6.55. The number of rotatable bonds is 3. The summed E-state index contributed by atoms with van der Waals surface area (Å²) < 4.78 is 6.45. The average molecular weight is 319 g/mol. The number of aryl methyl sites for hydroxylation is 1. The average Bonchev–Trinajstić information content (AvgIpc) is 2.99. The number of hydrogen-bond donors (Lipinski definition) is 1. The summed E-state index contributed by atoms with van der Waals surface area (Å²) in [6, 6.07) is 4.94. The first-order valence-electron chi connectivity index (χ1n) is 7.55. The van der Waals surface area contributed by atoms with E-state index in [9.17, 15) is 14.7 Å². The molecule has 1 atom stereocenters. The maximum Gasteiger partial charge on any atom is 0.419 e. The van der Waals surface area contributed by atoms with Crippen molar-refractivity contribution in [2.24, 2.45) is 7.05 Å². The number of hydrogen-bond acceptors (Lipinski definition) is 5. The second-order valence-corrected chi connectivity index (χ2v) is 6.55. The van der Waals surface area contributed by atoms with Gasteiger partial charge in [-0.25, -0.2) is 4.79 Å². The van der Waals surface area contributed by atoms with E-state index in [1.54, 1.807) is 30.1 Å². The number of likely N-dealkylation sites (tertiary alicyclic amines) is 1. The monoisotopic (exact) mass is 319 g/mol. The molecule has 23 heavy (non-hydrogen) atoms. The SMILES string of the molecule is CN(C)C[C@]1(O)CCN(C(=O)c2ccc3oc(=O)n(C)c3c2)C1. The lowest BCUT2D eigenvalue weighted by molar-refractivity contribution is 0.0236. The fourth-order valence-corrected chi connectivity index (χ4v) is 3.19. The van der Waals surface area contributed by atoms with Crippen molar-refractivity contribution >= 4 is 17.0 Å². The van der Waals surface area contributed by atoms with E-state index < -0.39 is 11.4 Å². The molecule has 0 aliphatic carbocycles. The van der Waals surface area contributed by atoms with Gasteiger partial charge in [-0.3, -0.25) is 9.36 Å². The number of β-amino-alcohol motifs (C(OH)–C–C–N with tert-alkyl or cyclic N) is 1. The molecule has 1 aliphatic rings. The smallest absolute Gasteiger partial charge is 0.408 e. The summed E-state index contributed by atoms with van der Waals surface area (Å²) in [5.41, 5.74) is 0.664. The summed E-state index contributed by atoms with van der Waals surface area (Å²) in [6.45, 7) is 1.35. The minimum absolute atomic E-state index is 0.143. The Balaban J connectivity index is 1.84. The maximum absolute atomic E-state index is 12.7. The van der Waals surface area contributed by atoms with E-state index in [1.807, 2.05) is 19.0 Å². The zero-order valence-corrected chi connectivity index (χ0v) is 13.6. The molecular weight excluding hydrogens is 298 g/mol. The lowest BCUT2D eigenvalue weighted by Crippen LogP contribution is -2.43. The maximum atomic E-state index is 12.7. The Morgan fingerprint density at radius 3 is 2.87 bits per heavy atom. The Labute approximate surface area is 133 Å². The van der Waals surface area contributed by atoms with E-state index in [1.165, 1.54) is 4.57 Å². The quantitative estimate of drug-likeness (QED) is 0.878. The van der Waals surface area contributed by atoms with Crippen LogP contribution in [0.1, 0.15) is 16.8 Å². The molecule has 3 rings (SSSR count). The zero-order valence-electron chi connectivity index (χ0n) is 13.6. The van der Waals surface area contributed by atoms with Crippen molar-refractivity contribution in [2.45, 2.75) is 12.0 Å². The lowest BCUT2D eigenvalue weighted by Gasteiger charge is -2.26. The standard InChI is InChI=1S/C16H21N3O4/c1-17(2)9-16(22)6-7-19(10-16)14(20)11-4-5-13-12(8-11)18(3)15(21)23-13/h4-5,8,22H,6-7,9-10H2,1-3H3/t16-/m1/s1. The number of nitrogens with zero attached hydrogens (tertiary/aromatic N) is 3. The van der Waals surface area contributed by atoms with Crippen LogP contribution in [0.3, 0.4) is 0 Å². The highest BCUT2D eigenvalue weighted by atomic mass is 16.4. The van der Waals surface area contributed by atoms with Crippen molar-refractivity contribution < 1.29 is 14.3 Å². The van der Waals surface area contributed by atoms with E-state index in [-0.39, 0.29) is 5.91 Å². The zero-order chi connectivity index (χ0) is 16.8. The highest BCUT2D eigenvalue weighted by Crippen LogP contribution is 2.24. The van der Waals surface area contributed by atoms with Gasteiger partial charge in [0.15, 0.2) is 5.58 Å². The molecule has 0 unspecified atom stereocenters. The molecule has 1 aliphatic heterocycles. The molecule has 0 radical (unpaired) electrons. The summed E-state index contributed by atoms with van der Waals surface area (Å²) >= 11 is 0. The van der Waals surface area contributed by atoms with Gasteiger partial charge in [-0.15, -0.1) is 0 Å². The van der Waals surface area contributed by atoms with Crippen LogP contribution in [0.4, 0.5) is 0 Å². The molecule has 2 heterocycles. The lowest BCUT2D eigenvalue weighted by atomic mass is 10.0. The van der Waals surface area contributed by atoms with Crippen LogP contribution in [-0.4, -0.2) is 64.7 Å². The number of amides is 1. The number of aromatic nitrogens is 1. The fourth-order valence-electron chi connectivity index (χ4n) is 3.19. The third-order valence-electron chi connectivity index (χ3n) is 4.27. The molecule has 0 bridgehead atoms. The van der Waals surface area contributed by atoms with Gasteiger partial charge in [-0.05, 0) is 38.7 Å². The van der Waals surface area contributed by atoms with Gasteiger partial charge >= 0.3 is 5.76 Å². The van der Waals surface area contributed by atoms with Crippen molar-refractivity contribution in [1.29, 1.82) is 0 Å². The molecular formula is C16H21N3O4. The molecule has 1 N–H and O–H groups in total. The summed E-state index contributed by atoms with van der Waals surface area (Å²) in [6.07, 6.45) is 0.559. The predicted molar refractivity (Wildman–Crippen MR) is 85.5 cm³/mol. The van der Waals surface area contributed by atoms with Crippen molar-refractivity contribution in [2.75, 3.05) is 33.7 Å². The molecule has 124 valence electrons. The van der Waals surface area contributed by atoms with Crippen molar-refractivity contribution in [3.05, 3.63) is 34.3 Å². The Morgan fingerprint density at radius 2 is 2.17 bits per heavy atom. The molecule has 1 amide bonds. The number of carbonyl (C=O) groups is 1. The molecule has 1 aromatic carbocycles. The largest absolute Gasteiger partial charge is 0.419 e. The number of carbonyl (C=O) groups excluding carboxylic acids is 1. The van der Waals surface area contributed by atoms with Gasteiger partial charge in [-0.2, -0.15) is 0 Å². The number of likely N-dealkylation sites (N-methyl/N-ethyl adjacent to an activating group) is 1. The van der Waals surface area contributed by atoms with E-state index in [2.05, 4.69) is 0 Å². The van der Waals surface area contributed by atoms with E-state index in [0.717, 1.165) is 0 Å². The van der Waals surface area contributed by atoms with Gasteiger partial charge in [0.25, 0.3) is 5.91 Å². The summed E-state index contributed by atoms with van der Waals surface area (Å²) in [4.78, 5) is 27.8. The van der Waals surface area contributed by atoms with E-state index in [0.29, 0.717) is 42.7 Å². The van der Waals surface area contributed by atoms with Crippen LogP contribution in [0.2, 0.25) is 0 Å². The summed E-state index contributed by atoms with van der Waals surface area (Å²) in [5.74, 6) is -0.596. The van der Waals surface area contributed by atoms with E-state index in [4.69, 9.17) is 4.42 Å². The molecule has 0 saturated carbocycles. The van der Waals surface area contributed by atoms with Gasteiger partial charge < -0.3 is 19.3 Å². The first-order valence-corrected chi connectivity index (χ1v) is 7.55. The topological polar surface area (TPSA) is 78.9 Å². The molecule has 7 nitrogen and oxygen atoms in total. The van der Waals surface area contributed by atoms with Crippen molar-refractivity contribution in [3.63, 3.8) is 0 Å². The van der Waals surface area contributed by atoms with Gasteiger partial charge in [0, 0.05) is 25.7 Å². The van der Waals surface area contributed by atoms with Crippen molar-refractivity contribution in [3.8, 4) is 0 Å². The van der Waals surface area contributed by atoms with Crippen LogP contribution < -0.4 is 5.76 Å². The number of benzene rings is 1. The third-order valence-corrected chi connectivity index (χ3v) is 4.27. The molecule has 7 heteroatoms. The molecule has 1 saturated heterocycles. The molecule has 1 aromatic heterocycles. The van der Waals surface area contributed by atoms with E-state index >= 15 is 0 Å². The highest BCUT2D eigenvalue weighted by molar-refractivity contribution is 5.97. The van der Waals surface area contributed by atoms with Gasteiger partial charge in [0.05, 0.1) is 17.7 Å². The van der Waals surface area contributed by atoms with Crippen LogP contribution in [0, 0.1) is 0 Å². The Bertz CT molecular complexity index is 807. The molecule has 1 fully saturated rings. The number of oxazole rings is 1. The number of fused-ring (bicyclic) bond motifs is 1. The van der Waals surface area contributed by atoms with Crippen LogP contribution in [0.15, 0.2) is 27.4 Å². The first kappa shape index (κ1) is 15.8. The highest BCUT2D eigenvalue weighted by Gasteiger charge is 2.38. The van der Waals surface area contributed by atoms with Crippen molar-refractivity contribution in [1.82, 2.24) is 14.4 Å². The van der Waals surface area contributed by atoms with Gasteiger partial charge in [-0.1, -0.05) is 0 Å². The van der Waals surface area contributed by atoms with Crippen LogP contribution >= 0.6 is 0 Å². The number of aliphatic hydroxyl groups is 1. The van der Waals surface area contributed by atoms with Crippen LogP contribution in [0.5, 0.6) is 0 Å². The second kappa shape index (κ2) is 5.50. The van der Waals surface area contributed by atoms with Gasteiger partial charge in [0.2, 0.25) is 0 Å². The molecule has 0 spiro atoms. The minimum atomic E-state index is -0.869. The normalized spacial score (nSPS) is 21.5. The third kappa shape index (κ3) is 2.89. The Kier molecular flexibility index (Phi) is 3.77. The first-order chi connectivity index (χ1) is 10.8. The Hall–Kier alpha value is -2.12. The summed E-state index contributed by atoms with van der Waals surface area (Å²) in [7, 11) is 5.40.